The van der Waals surface area contributed by atoms with Crippen LogP contribution in [0.4, 0.5) is 4.39 Å². The smallest absolute Gasteiger partial charge is 0.145 e. The monoisotopic (exact) mass is 269 g/mol. The summed E-state index contributed by atoms with van der Waals surface area (Å²) < 4.78 is 13.8. The van der Waals surface area contributed by atoms with Crippen molar-refractivity contribution in [2.45, 2.75) is 45.1 Å². The Morgan fingerprint density at radius 2 is 2.22 bits per heavy atom. The number of hydrogen-bond donors (Lipinski definition) is 1. The highest BCUT2D eigenvalue weighted by Crippen LogP contribution is 2.35. The topological polar surface area (TPSA) is 26.0 Å². The van der Waals surface area contributed by atoms with E-state index in [0.29, 0.717) is 17.9 Å². The highest BCUT2D eigenvalue weighted by atomic mass is 35.5. The van der Waals surface area contributed by atoms with E-state index in [1.165, 1.54) is 25.7 Å². The van der Waals surface area contributed by atoms with Gasteiger partial charge in [0.15, 0.2) is 0 Å². The minimum atomic E-state index is -0.306. The molecule has 3 atom stereocenters. The van der Waals surface area contributed by atoms with E-state index >= 15 is 0 Å². The number of benzene rings is 1. The van der Waals surface area contributed by atoms with E-state index in [4.69, 9.17) is 17.3 Å². The summed E-state index contributed by atoms with van der Waals surface area (Å²) in [4.78, 5) is 0. The molecule has 0 radical (unpaired) electrons. The zero-order valence-electron chi connectivity index (χ0n) is 10.8. The lowest BCUT2D eigenvalue weighted by Crippen LogP contribution is -2.31. The molecule has 0 spiro atoms. The molecule has 1 fully saturated rings. The molecule has 1 aliphatic carbocycles. The average molecular weight is 270 g/mol. The maximum absolute atomic E-state index is 13.8. The molecule has 100 valence electrons. The van der Waals surface area contributed by atoms with Crippen molar-refractivity contribution in [2.24, 2.45) is 17.6 Å². The van der Waals surface area contributed by atoms with E-state index in [0.717, 1.165) is 5.92 Å². The molecular formula is C15H21ClFN. The lowest BCUT2D eigenvalue weighted by atomic mass is 9.91. The first-order valence-corrected chi connectivity index (χ1v) is 7.18. The molecule has 0 heterocycles. The van der Waals surface area contributed by atoms with Gasteiger partial charge in [-0.1, -0.05) is 43.5 Å². The SMILES string of the molecule is CCC1CCC(C(N)Cc2cccc(Cl)c2F)C1. The molecule has 0 bridgehead atoms. The van der Waals surface area contributed by atoms with Gasteiger partial charge >= 0.3 is 0 Å². The van der Waals surface area contributed by atoms with Gasteiger partial charge < -0.3 is 5.73 Å². The van der Waals surface area contributed by atoms with Crippen LogP contribution >= 0.6 is 11.6 Å². The predicted molar refractivity (Wildman–Crippen MR) is 74.2 cm³/mol. The molecule has 1 saturated carbocycles. The van der Waals surface area contributed by atoms with Gasteiger partial charge in [0.1, 0.15) is 5.82 Å². The van der Waals surface area contributed by atoms with Crippen LogP contribution in [0.15, 0.2) is 18.2 Å². The fourth-order valence-electron chi connectivity index (χ4n) is 3.00. The van der Waals surface area contributed by atoms with Crippen LogP contribution in [0.5, 0.6) is 0 Å². The van der Waals surface area contributed by atoms with Gasteiger partial charge in [0.25, 0.3) is 0 Å². The van der Waals surface area contributed by atoms with Gasteiger partial charge in [0, 0.05) is 6.04 Å². The number of nitrogens with two attached hydrogens (primary N) is 1. The Kier molecular flexibility index (Phi) is 4.63. The van der Waals surface area contributed by atoms with Crippen molar-refractivity contribution in [3.63, 3.8) is 0 Å². The van der Waals surface area contributed by atoms with Crippen LogP contribution in [-0.2, 0) is 6.42 Å². The Balaban J connectivity index is 1.99. The summed E-state index contributed by atoms with van der Waals surface area (Å²) in [7, 11) is 0. The third kappa shape index (κ3) is 3.04. The minimum Gasteiger partial charge on any atom is -0.327 e. The molecule has 1 nitrogen and oxygen atoms in total. The van der Waals surface area contributed by atoms with Crippen LogP contribution in [0.2, 0.25) is 5.02 Å². The van der Waals surface area contributed by atoms with Crippen molar-refractivity contribution in [2.75, 3.05) is 0 Å². The number of halogens is 2. The Hall–Kier alpha value is -0.600. The van der Waals surface area contributed by atoms with Gasteiger partial charge in [0.2, 0.25) is 0 Å². The maximum Gasteiger partial charge on any atom is 0.145 e. The molecule has 0 saturated heterocycles. The van der Waals surface area contributed by atoms with Crippen LogP contribution < -0.4 is 5.73 Å². The number of hydrogen-bond acceptors (Lipinski definition) is 1. The van der Waals surface area contributed by atoms with Crippen molar-refractivity contribution in [3.8, 4) is 0 Å². The molecule has 18 heavy (non-hydrogen) atoms. The molecule has 0 amide bonds. The van der Waals surface area contributed by atoms with Gasteiger partial charge in [-0.15, -0.1) is 0 Å². The molecule has 1 aromatic carbocycles. The summed E-state index contributed by atoms with van der Waals surface area (Å²) in [5, 5.41) is 0.192. The van der Waals surface area contributed by atoms with Gasteiger partial charge in [0.05, 0.1) is 5.02 Å². The first-order chi connectivity index (χ1) is 8.61. The lowest BCUT2D eigenvalue weighted by Gasteiger charge is -2.20. The molecule has 2 N–H and O–H groups in total. The fourth-order valence-corrected chi connectivity index (χ4v) is 3.19. The normalized spacial score (nSPS) is 25.3. The zero-order chi connectivity index (χ0) is 13.1. The first kappa shape index (κ1) is 13.8. The fraction of sp³-hybridized carbons (Fsp3) is 0.600. The summed E-state index contributed by atoms with van der Waals surface area (Å²) in [6, 6.07) is 5.20. The Morgan fingerprint density at radius 3 is 2.89 bits per heavy atom. The summed E-state index contributed by atoms with van der Waals surface area (Å²) in [6.45, 7) is 2.23. The van der Waals surface area contributed by atoms with Crippen molar-refractivity contribution in [1.29, 1.82) is 0 Å². The molecule has 0 aromatic heterocycles. The Bertz CT molecular complexity index is 407. The third-order valence-electron chi connectivity index (χ3n) is 4.25. The molecular weight excluding hydrogens is 249 g/mol. The second-order valence-corrected chi connectivity index (χ2v) is 5.84. The van der Waals surface area contributed by atoms with Gasteiger partial charge in [-0.05, 0) is 42.7 Å². The summed E-state index contributed by atoms with van der Waals surface area (Å²) >= 11 is 5.79. The van der Waals surface area contributed by atoms with E-state index in [-0.39, 0.29) is 16.9 Å². The summed E-state index contributed by atoms with van der Waals surface area (Å²) in [5.41, 5.74) is 6.89. The quantitative estimate of drug-likeness (QED) is 0.872. The zero-order valence-corrected chi connectivity index (χ0v) is 11.6. The average Bonchev–Trinajstić information content (AvgIpc) is 2.83. The van der Waals surface area contributed by atoms with Crippen molar-refractivity contribution >= 4 is 11.6 Å². The molecule has 0 aliphatic heterocycles. The van der Waals surface area contributed by atoms with E-state index < -0.39 is 0 Å². The Morgan fingerprint density at radius 1 is 1.44 bits per heavy atom. The Labute approximate surface area is 114 Å². The van der Waals surface area contributed by atoms with Crippen LogP contribution in [0.3, 0.4) is 0 Å². The van der Waals surface area contributed by atoms with E-state index in [1.54, 1.807) is 18.2 Å². The van der Waals surface area contributed by atoms with Gasteiger partial charge in [-0.2, -0.15) is 0 Å². The van der Waals surface area contributed by atoms with Crippen molar-refractivity contribution in [1.82, 2.24) is 0 Å². The van der Waals surface area contributed by atoms with Crippen LogP contribution in [0.1, 0.15) is 38.2 Å². The second-order valence-electron chi connectivity index (χ2n) is 5.43. The van der Waals surface area contributed by atoms with Gasteiger partial charge in [-0.25, -0.2) is 4.39 Å². The van der Waals surface area contributed by atoms with Crippen molar-refractivity contribution < 1.29 is 4.39 Å². The molecule has 1 aromatic rings. The molecule has 3 unspecified atom stereocenters. The predicted octanol–water partition coefficient (Wildman–Crippen LogP) is 4.18. The largest absolute Gasteiger partial charge is 0.327 e. The van der Waals surface area contributed by atoms with Crippen molar-refractivity contribution in [3.05, 3.63) is 34.6 Å². The van der Waals surface area contributed by atoms with Crippen LogP contribution in [0, 0.1) is 17.7 Å². The number of rotatable bonds is 4. The molecule has 2 rings (SSSR count). The van der Waals surface area contributed by atoms with Crippen LogP contribution in [0.25, 0.3) is 0 Å². The highest BCUT2D eigenvalue weighted by Gasteiger charge is 2.28. The third-order valence-corrected chi connectivity index (χ3v) is 4.54. The summed E-state index contributed by atoms with van der Waals surface area (Å²) in [6.07, 6.45) is 5.47. The standard InChI is InChI=1S/C15H21ClFN/c1-2-10-6-7-11(8-10)14(18)9-12-4-3-5-13(16)15(12)17/h3-5,10-11,14H,2,6-9,18H2,1H3. The minimum absolute atomic E-state index is 0.0505. The van der Waals surface area contributed by atoms with Gasteiger partial charge in [-0.3, -0.25) is 0 Å². The summed E-state index contributed by atoms with van der Waals surface area (Å²) in [5.74, 6) is 1.04. The molecule has 1 aliphatic rings. The van der Waals surface area contributed by atoms with E-state index in [9.17, 15) is 4.39 Å². The molecule has 3 heteroatoms. The van der Waals surface area contributed by atoms with E-state index in [1.807, 2.05) is 0 Å². The highest BCUT2D eigenvalue weighted by molar-refractivity contribution is 6.30. The second kappa shape index (κ2) is 6.03. The first-order valence-electron chi connectivity index (χ1n) is 6.80. The van der Waals surface area contributed by atoms with E-state index in [2.05, 4.69) is 6.92 Å². The lowest BCUT2D eigenvalue weighted by molar-refractivity contribution is 0.401. The van der Waals surface area contributed by atoms with Crippen LogP contribution in [-0.4, -0.2) is 6.04 Å². The maximum atomic E-state index is 13.8.